The molecule has 0 saturated heterocycles. The molecule has 1 atom stereocenters. The smallest absolute Gasteiger partial charge is 0.387 e. The highest BCUT2D eigenvalue weighted by atomic mass is 19.3. The number of ether oxygens (including phenoxy) is 2. The number of nitrogens with one attached hydrogen (secondary N) is 1. The highest BCUT2D eigenvalue weighted by molar-refractivity contribution is 5.89. The average Bonchev–Trinajstić information content (AvgIpc) is 3.44. The second-order valence-corrected chi connectivity index (χ2v) is 6.03. The Morgan fingerprint density at radius 3 is 2.58 bits per heavy atom. The lowest BCUT2D eigenvalue weighted by atomic mass is 9.98. The van der Waals surface area contributed by atoms with Crippen molar-refractivity contribution in [1.82, 2.24) is 5.32 Å². The lowest BCUT2D eigenvalue weighted by Crippen LogP contribution is -2.48. The Hall–Kier alpha value is -2.95. The van der Waals surface area contributed by atoms with Crippen LogP contribution < -0.4 is 10.1 Å². The molecule has 26 heavy (non-hydrogen) atoms. The molecule has 138 valence electrons. The minimum Gasteiger partial charge on any atom is -0.452 e. The first-order valence-electron chi connectivity index (χ1n) is 7.94. The third-order valence-corrected chi connectivity index (χ3v) is 3.89. The summed E-state index contributed by atoms with van der Waals surface area (Å²) in [6.45, 7) is -1.75. The number of carbonyl (C=O) groups is 2. The predicted octanol–water partition coefficient (Wildman–Crippen LogP) is 2.65. The number of hydrogen-bond donors (Lipinski definition) is 1. The van der Waals surface area contributed by atoms with Gasteiger partial charge < -0.3 is 14.8 Å². The minimum absolute atomic E-state index is 0.00704. The van der Waals surface area contributed by atoms with Crippen molar-refractivity contribution in [3.63, 3.8) is 0 Å². The number of hydrogen-bond acceptors (Lipinski definition) is 5. The van der Waals surface area contributed by atoms with E-state index in [2.05, 4.69) is 16.1 Å². The van der Waals surface area contributed by atoms with Crippen molar-refractivity contribution in [1.29, 1.82) is 5.26 Å². The molecule has 0 bridgehead atoms. The summed E-state index contributed by atoms with van der Waals surface area (Å²) in [6.07, 6.45) is 4.29. The Kier molecular flexibility index (Phi) is 6.28. The van der Waals surface area contributed by atoms with E-state index in [-0.39, 0.29) is 11.7 Å². The van der Waals surface area contributed by atoms with Gasteiger partial charge in [-0.15, -0.1) is 0 Å². The maximum absolute atomic E-state index is 12.1. The van der Waals surface area contributed by atoms with Crippen LogP contribution in [0.4, 0.5) is 8.78 Å². The third kappa shape index (κ3) is 5.84. The zero-order valence-electron chi connectivity index (χ0n) is 14.1. The van der Waals surface area contributed by atoms with E-state index in [9.17, 15) is 18.4 Å². The van der Waals surface area contributed by atoms with E-state index in [1.54, 1.807) is 6.92 Å². The van der Waals surface area contributed by atoms with Crippen molar-refractivity contribution in [2.75, 3.05) is 6.61 Å². The second kappa shape index (κ2) is 8.43. The summed E-state index contributed by atoms with van der Waals surface area (Å²) in [5, 5.41) is 11.7. The third-order valence-electron chi connectivity index (χ3n) is 3.89. The van der Waals surface area contributed by atoms with Gasteiger partial charge in [0.1, 0.15) is 11.3 Å². The summed E-state index contributed by atoms with van der Waals surface area (Å²) in [7, 11) is 0. The first kappa shape index (κ1) is 19.4. The van der Waals surface area contributed by atoms with Crippen LogP contribution in [-0.4, -0.2) is 30.6 Å². The maximum atomic E-state index is 12.1. The number of nitriles is 1. The van der Waals surface area contributed by atoms with Gasteiger partial charge in [-0.25, -0.2) is 4.79 Å². The topological polar surface area (TPSA) is 88.4 Å². The largest absolute Gasteiger partial charge is 0.452 e. The molecule has 0 aromatic heterocycles. The van der Waals surface area contributed by atoms with Crippen LogP contribution in [0.15, 0.2) is 30.3 Å². The molecule has 1 fully saturated rings. The van der Waals surface area contributed by atoms with E-state index in [0.717, 1.165) is 18.9 Å². The van der Waals surface area contributed by atoms with Gasteiger partial charge >= 0.3 is 12.6 Å². The molecule has 1 amide bonds. The normalized spacial score (nSPS) is 16.0. The Morgan fingerprint density at radius 1 is 1.38 bits per heavy atom. The van der Waals surface area contributed by atoms with Crippen molar-refractivity contribution >= 4 is 18.0 Å². The van der Waals surface area contributed by atoms with Crippen molar-refractivity contribution in [3.8, 4) is 11.8 Å². The number of amides is 1. The Bertz CT molecular complexity index is 724. The zero-order chi connectivity index (χ0) is 19.2. The predicted molar refractivity (Wildman–Crippen MR) is 88.0 cm³/mol. The molecule has 2 rings (SSSR count). The number of esters is 1. The number of halogens is 2. The van der Waals surface area contributed by atoms with E-state index in [1.165, 1.54) is 30.3 Å². The van der Waals surface area contributed by atoms with Crippen LogP contribution in [0, 0.1) is 17.2 Å². The molecule has 1 saturated carbocycles. The van der Waals surface area contributed by atoms with Crippen LogP contribution in [0.5, 0.6) is 5.75 Å². The molecule has 8 heteroatoms. The van der Waals surface area contributed by atoms with Gasteiger partial charge in [0.25, 0.3) is 5.91 Å². The van der Waals surface area contributed by atoms with Gasteiger partial charge in [0.2, 0.25) is 0 Å². The quantitative estimate of drug-likeness (QED) is 0.566. The van der Waals surface area contributed by atoms with Crippen molar-refractivity contribution in [2.24, 2.45) is 5.92 Å². The summed E-state index contributed by atoms with van der Waals surface area (Å²) in [5.41, 5.74) is -0.375. The SMILES string of the molecule is C[C@](C#N)(NC(=O)COC(=O)/C=C/c1ccc(OC(F)F)cc1)C1CC1. The Morgan fingerprint density at radius 2 is 2.04 bits per heavy atom. The number of nitrogens with zero attached hydrogens (tertiary/aromatic N) is 1. The summed E-state index contributed by atoms with van der Waals surface area (Å²) >= 11 is 0. The highest BCUT2D eigenvalue weighted by Crippen LogP contribution is 2.39. The molecule has 0 aliphatic heterocycles. The average molecular weight is 364 g/mol. The molecule has 0 unspecified atom stereocenters. The molecule has 0 heterocycles. The number of rotatable bonds is 8. The van der Waals surface area contributed by atoms with Crippen molar-refractivity contribution in [3.05, 3.63) is 35.9 Å². The van der Waals surface area contributed by atoms with Crippen LogP contribution in [0.1, 0.15) is 25.3 Å². The molecule has 1 aliphatic carbocycles. The van der Waals surface area contributed by atoms with E-state index >= 15 is 0 Å². The standard InChI is InChI=1S/C18H18F2N2O4/c1-18(11-21,13-5-6-13)22-15(23)10-25-16(24)9-4-12-2-7-14(8-3-12)26-17(19)20/h2-4,7-9,13,17H,5-6,10H2,1H3,(H,22,23)/b9-4+/t18-/m1/s1. The van der Waals surface area contributed by atoms with Gasteiger partial charge in [0.05, 0.1) is 6.07 Å². The number of alkyl halides is 2. The van der Waals surface area contributed by atoms with E-state index in [4.69, 9.17) is 10.00 Å². The van der Waals surface area contributed by atoms with Crippen molar-refractivity contribution in [2.45, 2.75) is 31.9 Å². The summed E-state index contributed by atoms with van der Waals surface area (Å²) < 4.78 is 33.1. The fourth-order valence-electron chi connectivity index (χ4n) is 2.32. The van der Waals surface area contributed by atoms with Crippen LogP contribution in [0.3, 0.4) is 0 Å². The lowest BCUT2D eigenvalue weighted by Gasteiger charge is -2.22. The van der Waals surface area contributed by atoms with Gasteiger partial charge in [-0.05, 0) is 49.5 Å². The molecule has 0 spiro atoms. The maximum Gasteiger partial charge on any atom is 0.387 e. The number of benzene rings is 1. The molecular formula is C18H18F2N2O4. The monoisotopic (exact) mass is 364 g/mol. The fourth-order valence-corrected chi connectivity index (χ4v) is 2.32. The second-order valence-electron chi connectivity index (χ2n) is 6.03. The Labute approximate surface area is 149 Å². The minimum atomic E-state index is -2.90. The summed E-state index contributed by atoms with van der Waals surface area (Å²) in [5.74, 6) is -1.15. The molecule has 1 aromatic rings. The summed E-state index contributed by atoms with van der Waals surface area (Å²) in [4.78, 5) is 23.5. The van der Waals surface area contributed by atoms with Crippen LogP contribution >= 0.6 is 0 Å². The van der Waals surface area contributed by atoms with E-state index in [1.807, 2.05) is 0 Å². The zero-order valence-corrected chi connectivity index (χ0v) is 14.1. The van der Waals surface area contributed by atoms with Gasteiger partial charge in [0.15, 0.2) is 6.61 Å². The Balaban J connectivity index is 1.78. The van der Waals surface area contributed by atoms with Crippen molar-refractivity contribution < 1.29 is 27.8 Å². The fraction of sp³-hybridized carbons (Fsp3) is 0.389. The van der Waals surface area contributed by atoms with E-state index in [0.29, 0.717) is 5.56 Å². The lowest BCUT2D eigenvalue weighted by molar-refractivity contribution is -0.144. The highest BCUT2D eigenvalue weighted by Gasteiger charge is 2.43. The molecule has 1 aromatic carbocycles. The van der Waals surface area contributed by atoms with Crippen LogP contribution in [0.2, 0.25) is 0 Å². The molecule has 1 aliphatic rings. The van der Waals surface area contributed by atoms with Gasteiger partial charge in [0, 0.05) is 6.08 Å². The van der Waals surface area contributed by atoms with Gasteiger partial charge in [-0.3, -0.25) is 4.79 Å². The first-order valence-corrected chi connectivity index (χ1v) is 7.94. The first-order chi connectivity index (χ1) is 12.3. The molecule has 1 N–H and O–H groups in total. The molecule has 0 radical (unpaired) electrons. The van der Waals surface area contributed by atoms with Crippen LogP contribution in [-0.2, 0) is 14.3 Å². The van der Waals surface area contributed by atoms with Crippen LogP contribution in [0.25, 0.3) is 6.08 Å². The van der Waals surface area contributed by atoms with E-state index < -0.39 is 30.6 Å². The number of carbonyl (C=O) groups excluding carboxylic acids is 2. The summed E-state index contributed by atoms with van der Waals surface area (Å²) in [6, 6.07) is 7.73. The molecular weight excluding hydrogens is 346 g/mol. The molecule has 6 nitrogen and oxygen atoms in total. The van der Waals surface area contributed by atoms with Gasteiger partial charge in [-0.1, -0.05) is 12.1 Å². The van der Waals surface area contributed by atoms with Gasteiger partial charge in [-0.2, -0.15) is 14.0 Å².